The molecule has 1 unspecified atom stereocenters. The first-order valence-corrected chi connectivity index (χ1v) is 9.28. The SMILES string of the molecule is Cc1ccc(-c2noc(C3CC(=O)N(CCc4cccs4)C3)n2)cc1. The lowest BCUT2D eigenvalue weighted by atomic mass is 10.1. The lowest BCUT2D eigenvalue weighted by Crippen LogP contribution is -2.27. The first-order chi connectivity index (χ1) is 12.2. The van der Waals surface area contributed by atoms with Gasteiger partial charge in [-0.05, 0) is 24.8 Å². The minimum Gasteiger partial charge on any atom is -0.342 e. The van der Waals surface area contributed by atoms with Crippen LogP contribution in [0.15, 0.2) is 46.3 Å². The molecule has 0 spiro atoms. The third-order valence-corrected chi connectivity index (χ3v) is 5.46. The Kier molecular flexibility index (Phi) is 4.36. The predicted molar refractivity (Wildman–Crippen MR) is 96.4 cm³/mol. The van der Waals surface area contributed by atoms with Crippen molar-refractivity contribution in [1.82, 2.24) is 15.0 Å². The zero-order valence-electron chi connectivity index (χ0n) is 14.0. The zero-order valence-corrected chi connectivity index (χ0v) is 14.8. The highest BCUT2D eigenvalue weighted by atomic mass is 32.1. The molecule has 0 N–H and O–H groups in total. The minimum absolute atomic E-state index is 0.0115. The van der Waals surface area contributed by atoms with E-state index in [1.165, 1.54) is 10.4 Å². The van der Waals surface area contributed by atoms with Gasteiger partial charge in [0.25, 0.3) is 0 Å². The first-order valence-electron chi connectivity index (χ1n) is 8.40. The molecule has 0 bridgehead atoms. The fourth-order valence-corrected chi connectivity index (χ4v) is 3.77. The van der Waals surface area contributed by atoms with E-state index >= 15 is 0 Å². The lowest BCUT2D eigenvalue weighted by molar-refractivity contribution is -0.127. The maximum absolute atomic E-state index is 12.3. The Bertz CT molecular complexity index is 855. The van der Waals surface area contributed by atoms with E-state index in [1.54, 1.807) is 11.3 Å². The van der Waals surface area contributed by atoms with Crippen molar-refractivity contribution in [3.8, 4) is 11.4 Å². The summed E-state index contributed by atoms with van der Waals surface area (Å²) in [4.78, 5) is 20.0. The molecule has 3 heterocycles. The van der Waals surface area contributed by atoms with Gasteiger partial charge in [-0.25, -0.2) is 0 Å². The summed E-state index contributed by atoms with van der Waals surface area (Å²) in [6.07, 6.45) is 1.34. The quantitative estimate of drug-likeness (QED) is 0.702. The van der Waals surface area contributed by atoms with Crippen LogP contribution >= 0.6 is 11.3 Å². The monoisotopic (exact) mass is 353 g/mol. The van der Waals surface area contributed by atoms with Crippen LogP contribution in [0.1, 0.15) is 28.7 Å². The Hall–Kier alpha value is -2.47. The van der Waals surface area contributed by atoms with Crippen molar-refractivity contribution in [3.63, 3.8) is 0 Å². The molecule has 2 aromatic heterocycles. The Morgan fingerprint density at radius 3 is 2.88 bits per heavy atom. The van der Waals surface area contributed by atoms with Gasteiger partial charge in [-0.1, -0.05) is 41.1 Å². The third-order valence-electron chi connectivity index (χ3n) is 4.52. The van der Waals surface area contributed by atoms with Gasteiger partial charge in [0.2, 0.25) is 17.6 Å². The molecule has 1 fully saturated rings. The van der Waals surface area contributed by atoms with Crippen molar-refractivity contribution in [2.75, 3.05) is 13.1 Å². The van der Waals surface area contributed by atoms with Gasteiger partial charge in [0.1, 0.15) is 0 Å². The molecule has 1 aliphatic heterocycles. The van der Waals surface area contributed by atoms with Crippen molar-refractivity contribution < 1.29 is 9.32 Å². The molecule has 4 rings (SSSR count). The molecule has 128 valence electrons. The Morgan fingerprint density at radius 1 is 1.28 bits per heavy atom. The molecule has 6 heteroatoms. The van der Waals surface area contributed by atoms with Gasteiger partial charge in [0, 0.05) is 30.0 Å². The van der Waals surface area contributed by atoms with Crippen molar-refractivity contribution in [3.05, 3.63) is 58.1 Å². The number of aromatic nitrogens is 2. The fourth-order valence-electron chi connectivity index (χ4n) is 3.07. The van der Waals surface area contributed by atoms with E-state index in [9.17, 15) is 4.79 Å². The van der Waals surface area contributed by atoms with Crippen LogP contribution in [-0.4, -0.2) is 34.0 Å². The zero-order chi connectivity index (χ0) is 17.2. The minimum atomic E-state index is -0.0115. The molecule has 0 radical (unpaired) electrons. The average molecular weight is 353 g/mol. The molecule has 0 saturated carbocycles. The van der Waals surface area contributed by atoms with Crippen LogP contribution < -0.4 is 0 Å². The topological polar surface area (TPSA) is 59.2 Å². The molecule has 1 aliphatic rings. The van der Waals surface area contributed by atoms with Crippen LogP contribution in [0.2, 0.25) is 0 Å². The van der Waals surface area contributed by atoms with Crippen molar-refractivity contribution in [2.24, 2.45) is 0 Å². The summed E-state index contributed by atoms with van der Waals surface area (Å²) in [6.45, 7) is 3.44. The number of thiophene rings is 1. The summed E-state index contributed by atoms with van der Waals surface area (Å²) >= 11 is 1.73. The molecule has 3 aromatic rings. The summed E-state index contributed by atoms with van der Waals surface area (Å²) in [6, 6.07) is 12.2. The smallest absolute Gasteiger partial charge is 0.232 e. The van der Waals surface area contributed by atoms with Crippen molar-refractivity contribution in [2.45, 2.75) is 25.7 Å². The van der Waals surface area contributed by atoms with E-state index in [0.29, 0.717) is 24.7 Å². The number of likely N-dealkylation sites (tertiary alicyclic amines) is 1. The molecular weight excluding hydrogens is 334 g/mol. The van der Waals surface area contributed by atoms with Gasteiger partial charge >= 0.3 is 0 Å². The van der Waals surface area contributed by atoms with E-state index < -0.39 is 0 Å². The average Bonchev–Trinajstić information content (AvgIpc) is 3.34. The largest absolute Gasteiger partial charge is 0.342 e. The number of carbonyl (C=O) groups is 1. The number of rotatable bonds is 5. The highest BCUT2D eigenvalue weighted by Gasteiger charge is 2.34. The summed E-state index contributed by atoms with van der Waals surface area (Å²) in [7, 11) is 0. The molecule has 0 aliphatic carbocycles. The second kappa shape index (κ2) is 6.80. The molecule has 1 amide bonds. The number of carbonyl (C=O) groups excluding carboxylic acids is 1. The van der Waals surface area contributed by atoms with Gasteiger partial charge < -0.3 is 9.42 Å². The molecule has 1 atom stereocenters. The number of hydrogen-bond acceptors (Lipinski definition) is 5. The lowest BCUT2D eigenvalue weighted by Gasteiger charge is -2.15. The van der Waals surface area contributed by atoms with Crippen LogP contribution in [0, 0.1) is 6.92 Å². The third kappa shape index (κ3) is 3.49. The number of amides is 1. The number of benzene rings is 1. The Balaban J connectivity index is 1.42. The van der Waals surface area contributed by atoms with Crippen LogP contribution in [0.5, 0.6) is 0 Å². The van der Waals surface area contributed by atoms with Gasteiger partial charge in [-0.3, -0.25) is 4.79 Å². The fraction of sp³-hybridized carbons (Fsp3) is 0.316. The summed E-state index contributed by atoms with van der Waals surface area (Å²) in [5.41, 5.74) is 2.12. The summed E-state index contributed by atoms with van der Waals surface area (Å²) in [5.74, 6) is 1.29. The second-order valence-corrected chi connectivity index (χ2v) is 7.42. The van der Waals surface area contributed by atoms with Crippen LogP contribution in [0.25, 0.3) is 11.4 Å². The normalized spacial score (nSPS) is 17.4. The first kappa shape index (κ1) is 16.0. The molecule has 1 saturated heterocycles. The van der Waals surface area contributed by atoms with E-state index in [2.05, 4.69) is 21.6 Å². The van der Waals surface area contributed by atoms with Gasteiger partial charge in [-0.15, -0.1) is 11.3 Å². The van der Waals surface area contributed by atoms with Gasteiger partial charge in [0.15, 0.2) is 0 Å². The van der Waals surface area contributed by atoms with E-state index in [-0.39, 0.29) is 11.8 Å². The Morgan fingerprint density at radius 2 is 2.12 bits per heavy atom. The van der Waals surface area contributed by atoms with Gasteiger partial charge in [-0.2, -0.15) is 4.98 Å². The van der Waals surface area contributed by atoms with Crippen molar-refractivity contribution in [1.29, 1.82) is 0 Å². The molecule has 5 nitrogen and oxygen atoms in total. The second-order valence-electron chi connectivity index (χ2n) is 6.39. The number of hydrogen-bond donors (Lipinski definition) is 0. The van der Waals surface area contributed by atoms with Crippen molar-refractivity contribution >= 4 is 17.2 Å². The highest BCUT2D eigenvalue weighted by molar-refractivity contribution is 7.09. The summed E-state index contributed by atoms with van der Waals surface area (Å²) < 4.78 is 5.44. The predicted octanol–water partition coefficient (Wildman–Crippen LogP) is 3.67. The van der Waals surface area contributed by atoms with E-state index in [4.69, 9.17) is 4.52 Å². The molecule has 1 aromatic carbocycles. The maximum Gasteiger partial charge on any atom is 0.232 e. The maximum atomic E-state index is 12.3. The molecular formula is C19H19N3O2S. The number of nitrogens with zero attached hydrogens (tertiary/aromatic N) is 3. The standard InChI is InChI=1S/C19H19N3O2S/c1-13-4-6-14(7-5-13)18-20-19(24-21-18)15-11-17(23)22(12-15)9-8-16-3-2-10-25-16/h2-7,10,15H,8-9,11-12H2,1H3. The molecule has 25 heavy (non-hydrogen) atoms. The van der Waals surface area contributed by atoms with E-state index in [0.717, 1.165) is 18.5 Å². The van der Waals surface area contributed by atoms with Gasteiger partial charge in [0.05, 0.1) is 5.92 Å². The van der Waals surface area contributed by atoms with Crippen LogP contribution in [0.4, 0.5) is 0 Å². The van der Waals surface area contributed by atoms with Crippen LogP contribution in [0.3, 0.4) is 0 Å². The Labute approximate surface area is 150 Å². The van der Waals surface area contributed by atoms with E-state index in [1.807, 2.05) is 42.2 Å². The highest BCUT2D eigenvalue weighted by Crippen LogP contribution is 2.29. The number of aryl methyl sites for hydroxylation is 1. The summed E-state index contributed by atoms with van der Waals surface area (Å²) in [5, 5.41) is 6.15. The van der Waals surface area contributed by atoms with Crippen LogP contribution in [-0.2, 0) is 11.2 Å².